The van der Waals surface area contributed by atoms with Crippen LogP contribution in [0.1, 0.15) is 22.3 Å². The van der Waals surface area contributed by atoms with E-state index in [0.717, 1.165) is 12.8 Å². The van der Waals surface area contributed by atoms with E-state index in [9.17, 15) is 0 Å². The molecule has 42 heavy (non-hydrogen) atoms. The van der Waals surface area contributed by atoms with Gasteiger partial charge in [-0.05, 0) is 12.8 Å². The summed E-state index contributed by atoms with van der Waals surface area (Å²) in [6, 6.07) is 61.2. The molecule has 0 saturated heterocycles. The minimum Gasteiger partial charge on any atom is -0.184 e. The third-order valence-corrected chi connectivity index (χ3v) is 6.45. The molecule has 2 aliphatic rings. The SMILES string of the molecule is Cl.Cl.[SiH2]=[Ti].[c-]1cccc2c1Cc1ccccc1-2.[c-]1cccc2c1Cc1ccccc1-2.[c-]1ccccc1.[c-]1ccccc1. The molecule has 0 atom stereocenters. The molecule has 0 heterocycles. The topological polar surface area (TPSA) is 0 Å². The number of hydrogen-bond acceptors (Lipinski definition) is 0. The largest absolute Gasteiger partial charge is 0.184 e. The molecule has 2 aliphatic carbocycles. The summed E-state index contributed by atoms with van der Waals surface area (Å²) in [7, 11) is 1.86. The molecule has 6 aromatic carbocycles. The molecule has 8 rings (SSSR count). The van der Waals surface area contributed by atoms with Crippen molar-refractivity contribution in [3.8, 4) is 22.3 Å². The predicted octanol–water partition coefficient (Wildman–Crippen LogP) is 9.01. The van der Waals surface area contributed by atoms with Gasteiger partial charge in [-0.2, -0.15) is 132 Å². The third-order valence-electron chi connectivity index (χ3n) is 6.45. The Hall–Kier alpha value is -3.17. The minimum absolute atomic E-state index is 0. The second kappa shape index (κ2) is 19.9. The fraction of sp³-hybridized carbons (Fsp3) is 0.0526. The van der Waals surface area contributed by atoms with Gasteiger partial charge in [0.15, 0.2) is 0 Å². The smallest absolute Gasteiger partial charge is 0.0253 e. The zero-order valence-electron chi connectivity index (χ0n) is 23.3. The van der Waals surface area contributed by atoms with Crippen molar-refractivity contribution in [3.63, 3.8) is 0 Å². The van der Waals surface area contributed by atoms with Gasteiger partial charge in [0.05, 0.1) is 0 Å². The van der Waals surface area contributed by atoms with Crippen LogP contribution >= 0.6 is 24.8 Å². The van der Waals surface area contributed by atoms with E-state index in [2.05, 4.69) is 97.1 Å². The van der Waals surface area contributed by atoms with Gasteiger partial charge < -0.3 is 0 Å². The van der Waals surface area contributed by atoms with Gasteiger partial charge in [-0.1, -0.05) is 70.8 Å². The first-order valence-electron chi connectivity index (χ1n) is 13.2. The van der Waals surface area contributed by atoms with Crippen LogP contribution in [0.15, 0.2) is 146 Å². The fourth-order valence-electron chi connectivity index (χ4n) is 4.68. The first-order chi connectivity index (χ1) is 19.9. The Morgan fingerprint density at radius 1 is 0.405 bits per heavy atom. The number of fused-ring (bicyclic) bond motifs is 6. The standard InChI is InChI=1S/2C13H9.2C6H5.2ClH.H2Si.Ti/c2*1-3-7-12-10(5-1)9-11-6-2-4-8-13(11)12;2*1-2-4-6-5-3-1;;;;/h2*1-5,7-8H,9H2;2*1-5H;2*1H;1H2;/q4*-1;;;;. The van der Waals surface area contributed by atoms with E-state index in [0.29, 0.717) is 0 Å². The monoisotopic (exact) mass is 634 g/mol. The Balaban J connectivity index is 0.000000200. The Bertz CT molecular complexity index is 1330. The molecule has 6 aromatic rings. The third kappa shape index (κ3) is 9.98. The van der Waals surface area contributed by atoms with Gasteiger partial charge in [0.25, 0.3) is 0 Å². The second-order valence-corrected chi connectivity index (χ2v) is 8.95. The molecule has 0 fully saturated rings. The van der Waals surface area contributed by atoms with Crippen molar-refractivity contribution in [2.24, 2.45) is 0 Å². The molecule has 4 heteroatoms. The molecular formula is C38H32Cl2SiTi-4. The summed E-state index contributed by atoms with van der Waals surface area (Å²) < 4.78 is 0. The van der Waals surface area contributed by atoms with Crippen molar-refractivity contribution >= 4 is 32.4 Å². The molecule has 0 bridgehead atoms. The van der Waals surface area contributed by atoms with Gasteiger partial charge in [-0.25, -0.2) is 0 Å². The van der Waals surface area contributed by atoms with Crippen LogP contribution < -0.4 is 0 Å². The molecule has 0 nitrogen and oxygen atoms in total. The van der Waals surface area contributed by atoms with Crippen molar-refractivity contribution in [1.29, 1.82) is 0 Å². The van der Waals surface area contributed by atoms with E-state index in [1.165, 1.54) is 44.5 Å². The van der Waals surface area contributed by atoms with Crippen molar-refractivity contribution in [1.82, 2.24) is 0 Å². The van der Waals surface area contributed by atoms with Crippen molar-refractivity contribution < 1.29 is 19.2 Å². The number of hydrogen-bond donors (Lipinski definition) is 0. The zero-order valence-corrected chi connectivity index (χ0v) is 27.9. The van der Waals surface area contributed by atoms with Crippen LogP contribution in [0.25, 0.3) is 22.3 Å². The quantitative estimate of drug-likeness (QED) is 0.115. The van der Waals surface area contributed by atoms with Gasteiger partial charge in [-0.15, -0.1) is 35.9 Å². The van der Waals surface area contributed by atoms with E-state index >= 15 is 0 Å². The summed E-state index contributed by atoms with van der Waals surface area (Å²) in [4.78, 5) is 0. The molecule has 0 aromatic heterocycles. The molecule has 0 radical (unpaired) electrons. The summed E-state index contributed by atoms with van der Waals surface area (Å²) >= 11 is 2.03. The molecule has 0 N–H and O–H groups in total. The Morgan fingerprint density at radius 3 is 1.10 bits per heavy atom. The first-order valence-corrected chi connectivity index (χ1v) is 17.3. The molecular weight excluding hydrogens is 603 g/mol. The summed E-state index contributed by atoms with van der Waals surface area (Å²) in [6.45, 7) is 0. The average Bonchev–Trinajstić information content (AvgIpc) is 3.63. The molecule has 0 aliphatic heterocycles. The maximum absolute atomic E-state index is 3.30. The first kappa shape index (κ1) is 35.0. The van der Waals surface area contributed by atoms with E-state index < -0.39 is 0 Å². The van der Waals surface area contributed by atoms with Crippen molar-refractivity contribution in [3.05, 3.63) is 192 Å². The van der Waals surface area contributed by atoms with Crippen molar-refractivity contribution in [2.75, 3.05) is 0 Å². The predicted molar refractivity (Wildman–Crippen MR) is 181 cm³/mol. The van der Waals surface area contributed by atoms with Crippen LogP contribution in [0.3, 0.4) is 0 Å². The van der Waals surface area contributed by atoms with Crippen molar-refractivity contribution in [2.45, 2.75) is 12.8 Å². The Labute approximate surface area is 277 Å². The van der Waals surface area contributed by atoms with Crippen LogP contribution in [0.2, 0.25) is 0 Å². The van der Waals surface area contributed by atoms with Crippen LogP contribution in [0.5, 0.6) is 0 Å². The van der Waals surface area contributed by atoms with Gasteiger partial charge >= 0.3 is 26.8 Å². The second-order valence-electron chi connectivity index (χ2n) is 8.95. The maximum atomic E-state index is 3.30. The van der Waals surface area contributed by atoms with E-state index in [1.807, 2.05) is 99.6 Å². The normalized spacial score (nSPS) is 9.98. The molecule has 0 spiro atoms. The number of benzene rings is 6. The van der Waals surface area contributed by atoms with Gasteiger partial charge in [0.2, 0.25) is 0 Å². The molecule has 0 unspecified atom stereocenters. The van der Waals surface area contributed by atoms with Gasteiger partial charge in [-0.3, -0.25) is 0 Å². The summed E-state index contributed by atoms with van der Waals surface area (Å²) in [5, 5.41) is 0. The maximum Gasteiger partial charge on any atom is -0.0253 e. The van der Waals surface area contributed by atoms with Gasteiger partial charge in [0, 0.05) is 0 Å². The molecule has 0 saturated carbocycles. The van der Waals surface area contributed by atoms with E-state index in [1.54, 1.807) is 0 Å². The van der Waals surface area contributed by atoms with Crippen LogP contribution in [-0.2, 0) is 32.0 Å². The minimum atomic E-state index is 0. The number of halogens is 2. The summed E-state index contributed by atoms with van der Waals surface area (Å²) in [5.74, 6) is 0. The Morgan fingerprint density at radius 2 is 0.762 bits per heavy atom. The molecule has 210 valence electrons. The Kier molecular flexibility index (Phi) is 16.6. The summed E-state index contributed by atoms with van der Waals surface area (Å²) in [6.07, 6.45) is 2.10. The van der Waals surface area contributed by atoms with E-state index in [-0.39, 0.29) is 24.8 Å². The van der Waals surface area contributed by atoms with E-state index in [4.69, 9.17) is 0 Å². The summed E-state index contributed by atoms with van der Waals surface area (Å²) in [5.41, 5.74) is 11.0. The van der Waals surface area contributed by atoms with Crippen LogP contribution in [-0.4, -0.2) is 7.63 Å². The average molecular weight is 636 g/mol. The van der Waals surface area contributed by atoms with Crippen LogP contribution in [0, 0.1) is 24.3 Å². The van der Waals surface area contributed by atoms with Crippen LogP contribution in [0.4, 0.5) is 0 Å². The number of rotatable bonds is 0. The zero-order chi connectivity index (χ0) is 27.8. The molecule has 0 amide bonds. The fourth-order valence-corrected chi connectivity index (χ4v) is 4.68. The van der Waals surface area contributed by atoms with Gasteiger partial charge in [0.1, 0.15) is 0 Å².